The van der Waals surface area contributed by atoms with Gasteiger partial charge < -0.3 is 14.9 Å². The van der Waals surface area contributed by atoms with Crippen molar-refractivity contribution in [2.24, 2.45) is 29.1 Å². The summed E-state index contributed by atoms with van der Waals surface area (Å²) in [5, 5.41) is 20.6. The minimum Gasteiger partial charge on any atom is -0.478 e. The average Bonchev–Trinajstić information content (AvgIpc) is 3.01. The SMILES string of the molecule is CC1=CCC2(C)C(=O)OC(O)C(C(C)C)C2CC=C(C(=O)O)C2=C(CC1)C(C)CC2. The third-order valence-electron chi connectivity index (χ3n) is 7.68. The summed E-state index contributed by atoms with van der Waals surface area (Å²) in [6.07, 6.45) is 7.28. The van der Waals surface area contributed by atoms with E-state index in [1.165, 1.54) is 11.1 Å². The van der Waals surface area contributed by atoms with Gasteiger partial charge in [0.05, 0.1) is 11.0 Å². The Hall–Kier alpha value is -1.88. The normalized spacial score (nSPS) is 35.5. The minimum atomic E-state index is -1.16. The van der Waals surface area contributed by atoms with Crippen molar-refractivity contribution in [3.63, 3.8) is 0 Å². The van der Waals surface area contributed by atoms with E-state index in [2.05, 4.69) is 19.9 Å². The van der Waals surface area contributed by atoms with Gasteiger partial charge in [-0.05, 0) is 75.7 Å². The summed E-state index contributed by atoms with van der Waals surface area (Å²) in [6.45, 7) is 10.2. The number of aliphatic hydroxyl groups is 1. The van der Waals surface area contributed by atoms with Crippen molar-refractivity contribution < 1.29 is 24.5 Å². The molecule has 5 atom stereocenters. The average molecular weight is 417 g/mol. The standard InChI is InChI=1S/C25H36O5/c1-14(2)21-20-11-10-19(22(26)27)18-9-7-16(4)17(18)8-6-15(3)12-13-25(20,5)24(29)30-23(21)28/h10,12,14,16,20-21,23,28H,6-9,11,13H2,1-5H3,(H,26,27). The number of allylic oxidation sites excluding steroid dienone is 4. The molecule has 166 valence electrons. The van der Waals surface area contributed by atoms with Crippen molar-refractivity contribution in [3.8, 4) is 0 Å². The van der Waals surface area contributed by atoms with Gasteiger partial charge in [0, 0.05) is 5.92 Å². The minimum absolute atomic E-state index is 0.0957. The van der Waals surface area contributed by atoms with Crippen molar-refractivity contribution in [2.45, 2.75) is 79.4 Å². The lowest BCUT2D eigenvalue weighted by atomic mass is 9.62. The highest BCUT2D eigenvalue weighted by atomic mass is 16.6. The third kappa shape index (κ3) is 4.14. The molecule has 2 aliphatic carbocycles. The first-order valence-electron chi connectivity index (χ1n) is 11.3. The topological polar surface area (TPSA) is 83.8 Å². The van der Waals surface area contributed by atoms with Gasteiger partial charge in [-0.1, -0.05) is 44.1 Å². The number of hydrogen-bond donors (Lipinski definition) is 2. The van der Waals surface area contributed by atoms with Gasteiger partial charge in [-0.2, -0.15) is 0 Å². The molecule has 5 heteroatoms. The van der Waals surface area contributed by atoms with Crippen LogP contribution in [0.15, 0.2) is 34.4 Å². The molecule has 5 unspecified atom stereocenters. The predicted molar refractivity (Wildman–Crippen MR) is 115 cm³/mol. The summed E-state index contributed by atoms with van der Waals surface area (Å²) >= 11 is 0. The van der Waals surface area contributed by atoms with Gasteiger partial charge in [0.1, 0.15) is 0 Å². The molecule has 2 N–H and O–H groups in total. The molecule has 0 aromatic carbocycles. The summed E-state index contributed by atoms with van der Waals surface area (Å²) in [5.74, 6) is -1.24. The molecule has 0 bridgehead atoms. The molecule has 1 aliphatic heterocycles. The second-order valence-electron chi connectivity index (χ2n) is 10.00. The number of fused-ring (bicyclic) bond motifs is 1. The van der Waals surface area contributed by atoms with Crippen LogP contribution in [0.3, 0.4) is 0 Å². The Balaban J connectivity index is 2.14. The van der Waals surface area contributed by atoms with E-state index in [1.54, 1.807) is 0 Å². The van der Waals surface area contributed by atoms with E-state index in [4.69, 9.17) is 4.74 Å². The quantitative estimate of drug-likeness (QED) is 0.488. The summed E-state index contributed by atoms with van der Waals surface area (Å²) in [7, 11) is 0. The number of rotatable bonds is 2. The largest absolute Gasteiger partial charge is 0.478 e. The van der Waals surface area contributed by atoms with Crippen molar-refractivity contribution in [1.29, 1.82) is 0 Å². The number of hydrogen-bond acceptors (Lipinski definition) is 4. The number of aliphatic carboxylic acids is 1. The van der Waals surface area contributed by atoms with Gasteiger partial charge in [-0.15, -0.1) is 0 Å². The van der Waals surface area contributed by atoms with Crippen LogP contribution in [0.4, 0.5) is 0 Å². The highest BCUT2D eigenvalue weighted by Crippen LogP contribution is 2.49. The number of carboxylic acid groups (broad SMARTS) is 1. The molecule has 0 amide bonds. The van der Waals surface area contributed by atoms with E-state index in [-0.39, 0.29) is 17.8 Å². The zero-order valence-electron chi connectivity index (χ0n) is 18.9. The molecule has 3 rings (SSSR count). The number of carbonyl (C=O) groups is 2. The van der Waals surface area contributed by atoms with Crippen LogP contribution in [0.5, 0.6) is 0 Å². The molecule has 5 nitrogen and oxygen atoms in total. The first-order chi connectivity index (χ1) is 14.1. The van der Waals surface area contributed by atoms with Gasteiger partial charge >= 0.3 is 11.9 Å². The van der Waals surface area contributed by atoms with Crippen molar-refractivity contribution in [2.75, 3.05) is 0 Å². The highest BCUT2D eigenvalue weighted by Gasteiger charge is 2.53. The fourth-order valence-electron chi connectivity index (χ4n) is 5.65. The van der Waals surface area contributed by atoms with Crippen LogP contribution in [0, 0.1) is 29.1 Å². The van der Waals surface area contributed by atoms with E-state index in [9.17, 15) is 19.8 Å². The molecule has 1 heterocycles. The van der Waals surface area contributed by atoms with Crippen LogP contribution >= 0.6 is 0 Å². The van der Waals surface area contributed by atoms with Crippen LogP contribution in [-0.2, 0) is 14.3 Å². The van der Waals surface area contributed by atoms with E-state index in [1.807, 2.05) is 26.8 Å². The van der Waals surface area contributed by atoms with Crippen LogP contribution in [0.2, 0.25) is 0 Å². The fraction of sp³-hybridized carbons (Fsp3) is 0.680. The Morgan fingerprint density at radius 2 is 1.93 bits per heavy atom. The van der Waals surface area contributed by atoms with Crippen LogP contribution < -0.4 is 0 Å². The number of esters is 1. The van der Waals surface area contributed by atoms with Crippen molar-refractivity contribution >= 4 is 11.9 Å². The maximum atomic E-state index is 12.9. The molecule has 0 spiro atoms. The monoisotopic (exact) mass is 416 g/mol. The van der Waals surface area contributed by atoms with E-state index in [0.29, 0.717) is 24.3 Å². The fourth-order valence-corrected chi connectivity index (χ4v) is 5.65. The molecule has 1 saturated heterocycles. The smallest absolute Gasteiger partial charge is 0.335 e. The first-order valence-corrected chi connectivity index (χ1v) is 11.3. The maximum absolute atomic E-state index is 12.9. The second-order valence-corrected chi connectivity index (χ2v) is 10.00. The molecule has 0 aromatic heterocycles. The predicted octanol–water partition coefficient (Wildman–Crippen LogP) is 5.01. The van der Waals surface area contributed by atoms with Crippen LogP contribution in [0.25, 0.3) is 0 Å². The van der Waals surface area contributed by atoms with E-state index >= 15 is 0 Å². The lowest BCUT2D eigenvalue weighted by Crippen LogP contribution is -2.53. The Bertz CT molecular complexity index is 802. The number of carbonyl (C=O) groups excluding carboxylic acids is 1. The summed E-state index contributed by atoms with van der Waals surface area (Å²) < 4.78 is 5.39. The molecular weight excluding hydrogens is 380 g/mol. The van der Waals surface area contributed by atoms with Crippen LogP contribution in [0.1, 0.15) is 73.1 Å². The Morgan fingerprint density at radius 3 is 2.57 bits per heavy atom. The molecule has 1 fully saturated rings. The highest BCUT2D eigenvalue weighted by molar-refractivity contribution is 5.92. The molecular formula is C25H36O5. The molecule has 3 aliphatic rings. The Morgan fingerprint density at radius 1 is 1.23 bits per heavy atom. The van der Waals surface area contributed by atoms with Gasteiger partial charge in [-0.3, -0.25) is 4.79 Å². The zero-order chi connectivity index (χ0) is 22.2. The van der Waals surface area contributed by atoms with Crippen molar-refractivity contribution in [3.05, 3.63) is 34.4 Å². The number of ether oxygens (including phenoxy) is 1. The number of cyclic esters (lactones) is 1. The zero-order valence-corrected chi connectivity index (χ0v) is 18.9. The molecule has 0 saturated carbocycles. The summed E-state index contributed by atoms with van der Waals surface area (Å²) in [6, 6.07) is 0. The lowest BCUT2D eigenvalue weighted by molar-refractivity contribution is -0.226. The lowest BCUT2D eigenvalue weighted by Gasteiger charge is -2.47. The summed E-state index contributed by atoms with van der Waals surface area (Å²) in [5.41, 5.74) is 3.04. The van der Waals surface area contributed by atoms with Crippen molar-refractivity contribution in [1.82, 2.24) is 0 Å². The second kappa shape index (κ2) is 8.70. The van der Waals surface area contributed by atoms with Crippen LogP contribution in [-0.4, -0.2) is 28.4 Å². The van der Waals surface area contributed by atoms with Gasteiger partial charge in [0.25, 0.3) is 0 Å². The van der Waals surface area contributed by atoms with Gasteiger partial charge in [0.2, 0.25) is 6.29 Å². The summed E-state index contributed by atoms with van der Waals surface area (Å²) in [4.78, 5) is 25.1. The first kappa shape index (κ1) is 22.8. The number of carboxylic acids is 1. The Labute approximate surface area is 179 Å². The van der Waals surface area contributed by atoms with Gasteiger partial charge in [-0.25, -0.2) is 4.79 Å². The molecule has 0 aromatic rings. The van der Waals surface area contributed by atoms with E-state index in [0.717, 1.165) is 31.3 Å². The number of aliphatic hydroxyl groups excluding tert-OH is 1. The van der Waals surface area contributed by atoms with E-state index < -0.39 is 23.6 Å². The maximum Gasteiger partial charge on any atom is 0.335 e. The molecule has 0 radical (unpaired) electrons. The Kier molecular flexibility index (Phi) is 6.61. The van der Waals surface area contributed by atoms with Gasteiger partial charge in [0.15, 0.2) is 0 Å². The molecule has 30 heavy (non-hydrogen) atoms. The third-order valence-corrected chi connectivity index (χ3v) is 7.68.